The summed E-state index contributed by atoms with van der Waals surface area (Å²) >= 11 is 0. The van der Waals surface area contributed by atoms with Gasteiger partial charge in [0.1, 0.15) is 5.75 Å². The van der Waals surface area contributed by atoms with E-state index in [1.165, 1.54) is 19.2 Å². The van der Waals surface area contributed by atoms with Crippen LogP contribution in [0.3, 0.4) is 0 Å². The molecule has 1 fully saturated rings. The number of amides is 2. The standard InChI is InChI=1S/C20H15F3N2O3/c1-28-13-5-6-17-14(8-13)16(10-24-17)15-9-18(26)25(19(15)27)12-4-2-3-11(7-12)20(21,22)23/h2-8,10,15,24H,9H2,1H3. The van der Waals surface area contributed by atoms with Crippen LogP contribution in [0, 0.1) is 0 Å². The summed E-state index contributed by atoms with van der Waals surface area (Å²) in [5, 5.41) is 0.733. The zero-order valence-electron chi connectivity index (χ0n) is 14.7. The molecule has 1 aliphatic heterocycles. The van der Waals surface area contributed by atoms with E-state index in [-0.39, 0.29) is 12.1 Å². The molecule has 2 aromatic carbocycles. The fraction of sp³-hybridized carbons (Fsp3) is 0.200. The van der Waals surface area contributed by atoms with E-state index in [1.54, 1.807) is 24.4 Å². The Balaban J connectivity index is 1.73. The van der Waals surface area contributed by atoms with Crippen LogP contribution in [0.1, 0.15) is 23.5 Å². The van der Waals surface area contributed by atoms with Gasteiger partial charge in [-0.2, -0.15) is 13.2 Å². The van der Waals surface area contributed by atoms with Crippen LogP contribution < -0.4 is 9.64 Å². The highest BCUT2D eigenvalue weighted by Gasteiger charge is 2.42. The molecule has 8 heteroatoms. The number of nitrogens with one attached hydrogen (secondary N) is 1. The highest BCUT2D eigenvalue weighted by Crippen LogP contribution is 2.39. The summed E-state index contributed by atoms with van der Waals surface area (Å²) in [6.45, 7) is 0. The Morgan fingerprint density at radius 1 is 1.14 bits per heavy atom. The molecule has 1 saturated heterocycles. The molecule has 1 atom stereocenters. The lowest BCUT2D eigenvalue weighted by atomic mass is 9.97. The minimum Gasteiger partial charge on any atom is -0.497 e. The van der Waals surface area contributed by atoms with Crippen LogP contribution in [0.4, 0.5) is 18.9 Å². The van der Waals surface area contributed by atoms with Gasteiger partial charge in [-0.15, -0.1) is 0 Å². The molecular weight excluding hydrogens is 373 g/mol. The van der Waals surface area contributed by atoms with E-state index >= 15 is 0 Å². The van der Waals surface area contributed by atoms with Gasteiger partial charge in [-0.05, 0) is 42.0 Å². The number of aromatic amines is 1. The Hall–Kier alpha value is -3.29. The van der Waals surface area contributed by atoms with Crippen LogP contribution in [-0.2, 0) is 15.8 Å². The zero-order chi connectivity index (χ0) is 20.1. The van der Waals surface area contributed by atoms with Gasteiger partial charge in [0, 0.05) is 23.5 Å². The first-order chi connectivity index (χ1) is 13.3. The van der Waals surface area contributed by atoms with Crippen molar-refractivity contribution in [2.75, 3.05) is 12.0 Å². The van der Waals surface area contributed by atoms with Crippen LogP contribution in [0.5, 0.6) is 5.75 Å². The lowest BCUT2D eigenvalue weighted by molar-refractivity contribution is -0.137. The van der Waals surface area contributed by atoms with Crippen LogP contribution >= 0.6 is 0 Å². The third kappa shape index (κ3) is 2.90. The smallest absolute Gasteiger partial charge is 0.416 e. The topological polar surface area (TPSA) is 62.4 Å². The van der Waals surface area contributed by atoms with Gasteiger partial charge >= 0.3 is 6.18 Å². The van der Waals surface area contributed by atoms with E-state index in [0.717, 1.165) is 27.9 Å². The van der Waals surface area contributed by atoms with E-state index in [0.29, 0.717) is 11.3 Å². The van der Waals surface area contributed by atoms with Gasteiger partial charge in [0.15, 0.2) is 0 Å². The summed E-state index contributed by atoms with van der Waals surface area (Å²) in [4.78, 5) is 29.3. The number of nitrogens with zero attached hydrogens (tertiary/aromatic N) is 1. The number of hydrogen-bond donors (Lipinski definition) is 1. The van der Waals surface area contributed by atoms with E-state index in [9.17, 15) is 22.8 Å². The Kier molecular flexibility index (Phi) is 4.14. The number of carbonyl (C=O) groups is 2. The summed E-state index contributed by atoms with van der Waals surface area (Å²) in [5.41, 5.74) is 0.394. The minimum absolute atomic E-state index is 0.0789. The van der Waals surface area contributed by atoms with E-state index in [2.05, 4.69) is 4.98 Å². The van der Waals surface area contributed by atoms with E-state index in [4.69, 9.17) is 4.74 Å². The van der Waals surface area contributed by atoms with Crippen molar-refractivity contribution in [3.05, 3.63) is 59.8 Å². The summed E-state index contributed by atoms with van der Waals surface area (Å²) in [7, 11) is 1.52. The summed E-state index contributed by atoms with van der Waals surface area (Å²) in [5.74, 6) is -1.26. The third-order valence-electron chi connectivity index (χ3n) is 4.87. The number of alkyl halides is 3. The Morgan fingerprint density at radius 2 is 1.93 bits per heavy atom. The van der Waals surface area contributed by atoms with Gasteiger partial charge in [-0.3, -0.25) is 9.59 Å². The van der Waals surface area contributed by atoms with Crippen LogP contribution in [0.2, 0.25) is 0 Å². The monoisotopic (exact) mass is 388 g/mol. The first-order valence-electron chi connectivity index (χ1n) is 8.48. The number of anilines is 1. The number of ether oxygens (including phenoxy) is 1. The second kappa shape index (κ2) is 6.40. The van der Waals surface area contributed by atoms with Gasteiger partial charge in [0.25, 0.3) is 0 Å². The molecule has 0 bridgehead atoms. The maximum atomic E-state index is 13.0. The Morgan fingerprint density at radius 3 is 2.64 bits per heavy atom. The molecule has 3 aromatic rings. The normalized spacial score (nSPS) is 17.6. The second-order valence-corrected chi connectivity index (χ2v) is 6.53. The van der Waals surface area contributed by atoms with Crippen molar-refractivity contribution in [3.8, 4) is 5.75 Å². The SMILES string of the molecule is COc1ccc2[nH]cc(C3CC(=O)N(c4cccc(C(F)(F)F)c4)C3=O)c2c1. The highest BCUT2D eigenvalue weighted by atomic mass is 19.4. The molecule has 0 spiro atoms. The molecule has 28 heavy (non-hydrogen) atoms. The molecule has 1 aliphatic rings. The number of aromatic nitrogens is 1. The van der Waals surface area contributed by atoms with Crippen molar-refractivity contribution >= 4 is 28.4 Å². The van der Waals surface area contributed by atoms with Gasteiger partial charge in [-0.1, -0.05) is 6.07 Å². The number of carbonyl (C=O) groups excluding carboxylic acids is 2. The highest BCUT2D eigenvalue weighted by molar-refractivity contribution is 6.23. The Bertz CT molecular complexity index is 1090. The zero-order valence-corrected chi connectivity index (χ0v) is 14.7. The van der Waals surface area contributed by atoms with Crippen molar-refractivity contribution in [1.82, 2.24) is 4.98 Å². The Labute approximate surface area is 157 Å². The van der Waals surface area contributed by atoms with Gasteiger partial charge in [0.05, 0.1) is 24.3 Å². The third-order valence-corrected chi connectivity index (χ3v) is 4.87. The largest absolute Gasteiger partial charge is 0.497 e. The minimum atomic E-state index is -4.56. The molecule has 2 heterocycles. The van der Waals surface area contributed by atoms with Crippen molar-refractivity contribution in [2.45, 2.75) is 18.5 Å². The predicted octanol–water partition coefficient (Wildman–Crippen LogP) is 4.24. The average Bonchev–Trinajstić information content (AvgIpc) is 3.20. The number of rotatable bonds is 3. The van der Waals surface area contributed by atoms with Crippen molar-refractivity contribution in [3.63, 3.8) is 0 Å². The fourth-order valence-electron chi connectivity index (χ4n) is 3.50. The summed E-state index contributed by atoms with van der Waals surface area (Å²) in [6, 6.07) is 9.54. The predicted molar refractivity (Wildman–Crippen MR) is 96.1 cm³/mol. The second-order valence-electron chi connectivity index (χ2n) is 6.53. The molecular formula is C20H15F3N2O3. The van der Waals surface area contributed by atoms with Crippen LogP contribution in [-0.4, -0.2) is 23.9 Å². The first kappa shape index (κ1) is 18.1. The van der Waals surface area contributed by atoms with Gasteiger partial charge < -0.3 is 9.72 Å². The first-order valence-corrected chi connectivity index (χ1v) is 8.48. The lowest BCUT2D eigenvalue weighted by Crippen LogP contribution is -2.30. The number of imide groups is 1. The summed E-state index contributed by atoms with van der Waals surface area (Å²) < 4.78 is 44.2. The molecule has 1 aromatic heterocycles. The van der Waals surface area contributed by atoms with Gasteiger partial charge in [-0.25, -0.2) is 4.90 Å². The van der Waals surface area contributed by atoms with Crippen LogP contribution in [0.15, 0.2) is 48.7 Å². The quantitative estimate of drug-likeness (QED) is 0.683. The van der Waals surface area contributed by atoms with Crippen LogP contribution in [0.25, 0.3) is 10.9 Å². The van der Waals surface area contributed by atoms with Crippen molar-refractivity contribution < 1.29 is 27.5 Å². The lowest BCUT2D eigenvalue weighted by Gasteiger charge is -2.17. The molecule has 0 saturated carbocycles. The number of halogens is 3. The van der Waals surface area contributed by atoms with Crippen molar-refractivity contribution in [1.29, 1.82) is 0 Å². The number of methoxy groups -OCH3 is 1. The molecule has 144 valence electrons. The number of fused-ring (bicyclic) bond motifs is 1. The number of benzene rings is 2. The molecule has 5 nitrogen and oxygen atoms in total. The molecule has 0 radical (unpaired) electrons. The molecule has 1 N–H and O–H groups in total. The van der Waals surface area contributed by atoms with Gasteiger partial charge in [0.2, 0.25) is 11.8 Å². The molecule has 0 aliphatic carbocycles. The maximum Gasteiger partial charge on any atom is 0.416 e. The van der Waals surface area contributed by atoms with E-state index < -0.39 is 29.5 Å². The number of hydrogen-bond acceptors (Lipinski definition) is 3. The molecule has 4 rings (SSSR count). The fourth-order valence-corrected chi connectivity index (χ4v) is 3.50. The maximum absolute atomic E-state index is 13.0. The number of H-pyrrole nitrogens is 1. The van der Waals surface area contributed by atoms with Crippen molar-refractivity contribution in [2.24, 2.45) is 0 Å². The van der Waals surface area contributed by atoms with E-state index in [1.807, 2.05) is 0 Å². The summed E-state index contributed by atoms with van der Waals surface area (Å²) in [6.07, 6.45) is -3.02. The average molecular weight is 388 g/mol. The molecule has 1 unspecified atom stereocenters. The molecule has 2 amide bonds.